The molecule has 0 saturated carbocycles. The number of nitro benzene ring substituents is 2. The molecule has 492 valence electrons. The van der Waals surface area contributed by atoms with Crippen LogP contribution in [0.5, 0.6) is 0 Å². The summed E-state index contributed by atoms with van der Waals surface area (Å²) in [6.45, 7) is 15.5. The highest BCUT2D eigenvalue weighted by Gasteiger charge is 2.44. The average Bonchev–Trinajstić information content (AvgIpc) is 1.08. The number of nitro groups is 2. The summed E-state index contributed by atoms with van der Waals surface area (Å²) in [5.74, 6) is -4.30. The number of aliphatic hydroxyl groups is 1. The van der Waals surface area contributed by atoms with Gasteiger partial charge in [-0.25, -0.2) is 19.2 Å². The van der Waals surface area contributed by atoms with Crippen molar-refractivity contribution in [2.75, 3.05) is 53.5 Å². The lowest BCUT2D eigenvalue weighted by atomic mass is 9.80. The Balaban J connectivity index is 0.000000241. The van der Waals surface area contributed by atoms with Crippen LogP contribution in [-0.4, -0.2) is 118 Å². The average molecular weight is 1310 g/mol. The quantitative estimate of drug-likeness (QED) is 0.0254. The molecule has 21 heteroatoms. The minimum atomic E-state index is -1.22. The lowest BCUT2D eigenvalue weighted by Crippen LogP contribution is -2.39. The molecule has 19 nitrogen and oxygen atoms in total. The summed E-state index contributed by atoms with van der Waals surface area (Å²) < 4.78 is 16.1. The highest BCUT2D eigenvalue weighted by molar-refractivity contribution is 7.59. The number of rotatable bonds is 19. The molecule has 4 atom stereocenters. The third-order valence-electron chi connectivity index (χ3n) is 17.3. The number of ether oxygens (including phenoxy) is 3. The number of carboxylic acids is 1. The Morgan fingerprint density at radius 1 is 0.527 bits per heavy atom. The van der Waals surface area contributed by atoms with Crippen molar-refractivity contribution in [3.8, 4) is 0 Å². The normalized spacial score (nSPS) is 19.6. The minimum Gasteiger partial charge on any atom is -0.478 e. The maximum Gasteiger partial charge on any atom is 0.337 e. The van der Waals surface area contributed by atoms with Crippen LogP contribution in [0.15, 0.2) is 215 Å². The molecule has 93 heavy (non-hydrogen) atoms. The number of esters is 3. The first-order chi connectivity index (χ1) is 43.5. The second-order valence-electron chi connectivity index (χ2n) is 24.0. The van der Waals surface area contributed by atoms with E-state index in [1.807, 2.05) is 26.0 Å². The maximum absolute atomic E-state index is 14.0. The van der Waals surface area contributed by atoms with Gasteiger partial charge in [0.15, 0.2) is 0 Å². The number of nitrogens with zero attached hydrogens (tertiary/aromatic N) is 4. The van der Waals surface area contributed by atoms with Crippen LogP contribution in [-0.2, 0) is 33.4 Å². The van der Waals surface area contributed by atoms with Crippen LogP contribution in [0.4, 0.5) is 11.4 Å². The Bertz CT molecular complexity index is 3670. The predicted octanol–water partition coefficient (Wildman–Crippen LogP) is 12.2. The number of nitrogens with one attached hydrogen (secondary N) is 2. The Kier molecular flexibility index (Phi) is 26.1. The fourth-order valence-electron chi connectivity index (χ4n) is 12.8. The highest BCUT2D eigenvalue weighted by Crippen LogP contribution is 2.43. The number of non-ortho nitro benzene ring substituents is 2. The van der Waals surface area contributed by atoms with Crippen molar-refractivity contribution in [1.82, 2.24) is 20.4 Å². The van der Waals surface area contributed by atoms with E-state index in [1.54, 1.807) is 45.9 Å². The molecular weight excluding hydrogens is 1220 g/mol. The van der Waals surface area contributed by atoms with Gasteiger partial charge < -0.3 is 40.0 Å². The van der Waals surface area contributed by atoms with Crippen molar-refractivity contribution >= 4 is 62.2 Å². The van der Waals surface area contributed by atoms with Crippen molar-refractivity contribution in [1.29, 1.82) is 0 Å². The Morgan fingerprint density at radius 2 is 0.871 bits per heavy atom. The van der Waals surface area contributed by atoms with E-state index >= 15 is 0 Å². The van der Waals surface area contributed by atoms with E-state index in [0.29, 0.717) is 52.8 Å². The third-order valence-corrected chi connectivity index (χ3v) is 17.3. The number of carbonyl (C=O) groups excluding carboxylic acids is 3. The first kappa shape index (κ1) is 73.2. The number of β-amino-alcohol motifs (C(OH)–C–C–N with tert-alkyl or cyclic N) is 1. The van der Waals surface area contributed by atoms with Crippen molar-refractivity contribution in [3.05, 3.63) is 269 Å². The molecule has 0 bridgehead atoms. The molecule has 0 spiro atoms. The van der Waals surface area contributed by atoms with E-state index < -0.39 is 56.8 Å². The summed E-state index contributed by atoms with van der Waals surface area (Å²) in [4.78, 5) is 77.2. The monoisotopic (exact) mass is 1300 g/mol. The first-order valence-electron chi connectivity index (χ1n) is 30.4. The number of likely N-dealkylation sites (tertiary alicyclic amines) is 2. The van der Waals surface area contributed by atoms with Crippen LogP contribution in [0.1, 0.15) is 124 Å². The van der Waals surface area contributed by atoms with E-state index in [9.17, 15) is 49.6 Å². The lowest BCUT2D eigenvalue weighted by Gasteiger charge is -2.33. The molecule has 4 N–H and O–H groups in total. The molecule has 4 aliphatic rings. The van der Waals surface area contributed by atoms with E-state index in [-0.39, 0.29) is 66.6 Å². The van der Waals surface area contributed by atoms with Gasteiger partial charge in [-0.1, -0.05) is 146 Å². The van der Waals surface area contributed by atoms with Gasteiger partial charge in [0.1, 0.15) is 5.60 Å². The Hall–Kier alpha value is -8.86. The second-order valence-corrected chi connectivity index (χ2v) is 24.0. The molecule has 0 aromatic heterocycles. The molecule has 0 amide bonds. The van der Waals surface area contributed by atoms with E-state index in [2.05, 4.69) is 130 Å². The summed E-state index contributed by atoms with van der Waals surface area (Å²) >= 11 is 0. The summed E-state index contributed by atoms with van der Waals surface area (Å²) in [7, 11) is 2.46. The second kappa shape index (κ2) is 33.1. The summed E-state index contributed by atoms with van der Waals surface area (Å²) in [6, 6.07) is 54.0. The Morgan fingerprint density at radius 3 is 1.22 bits per heavy atom. The zero-order chi connectivity index (χ0) is 65.6. The number of hydrogen-bond acceptors (Lipinski definition) is 16. The largest absolute Gasteiger partial charge is 0.478 e. The zero-order valence-electron chi connectivity index (χ0n) is 53.7. The summed E-state index contributed by atoms with van der Waals surface area (Å²) in [5, 5.41) is 48.3. The van der Waals surface area contributed by atoms with Crippen LogP contribution in [0.25, 0.3) is 0 Å². The van der Waals surface area contributed by atoms with Crippen molar-refractivity contribution in [3.63, 3.8) is 0 Å². The van der Waals surface area contributed by atoms with Gasteiger partial charge in [-0.15, -0.1) is 0 Å². The molecule has 10 rings (SSSR count). The number of aliphatic carboxylic acids is 1. The van der Waals surface area contributed by atoms with Gasteiger partial charge >= 0.3 is 23.9 Å². The van der Waals surface area contributed by atoms with E-state index in [1.165, 1.54) is 66.8 Å². The van der Waals surface area contributed by atoms with Crippen LogP contribution in [0.2, 0.25) is 0 Å². The molecule has 6 aromatic carbocycles. The zero-order valence-corrected chi connectivity index (χ0v) is 55.7. The van der Waals surface area contributed by atoms with Gasteiger partial charge in [0.2, 0.25) is 0 Å². The summed E-state index contributed by atoms with van der Waals surface area (Å²) in [6.07, 6.45) is 3.53. The number of benzene rings is 6. The van der Waals surface area contributed by atoms with E-state index in [0.717, 1.165) is 52.0 Å². The van der Waals surface area contributed by atoms with Gasteiger partial charge in [-0.05, 0) is 107 Å². The molecular formula is C72H84N6O13S2. The molecule has 0 unspecified atom stereocenters. The molecule has 6 aromatic rings. The van der Waals surface area contributed by atoms with Crippen LogP contribution < -0.4 is 10.6 Å². The van der Waals surface area contributed by atoms with Crippen LogP contribution >= 0.6 is 27.0 Å². The van der Waals surface area contributed by atoms with Gasteiger partial charge in [-0.3, -0.25) is 25.1 Å². The lowest BCUT2D eigenvalue weighted by molar-refractivity contribution is -0.385. The SMILES string of the molecule is COC(=O)C1=C(C)NC(C)=C(C(=O)O)[C@H]1c1cccc([N+](=O)[O-])c1.COC(=O)C1=C(C)NC(C)=C(C(=O)O[C@@]2(C)CCN(CCC(c3ccccc3)c3ccccc3)C2)[C@H]1c1cccc([N+](=O)[O-])c1.C[C@]1(O)CCN(CCC(c2ccccc2)c2ccccc2)C1.S.S. The number of carbonyl (C=O) groups is 4. The van der Waals surface area contributed by atoms with Crippen molar-refractivity contribution in [2.24, 2.45) is 0 Å². The van der Waals surface area contributed by atoms with Crippen LogP contribution in [0, 0.1) is 20.2 Å². The number of carboxylic acid groups (broad SMARTS) is 1. The molecule has 0 aliphatic carbocycles. The smallest absolute Gasteiger partial charge is 0.337 e. The third kappa shape index (κ3) is 18.5. The molecule has 0 radical (unpaired) electrons. The Labute approximate surface area is 557 Å². The maximum atomic E-state index is 14.0. The minimum absolute atomic E-state index is 0. The standard InChI is InChI=1S/C36H39N3O6.C20H25NO.C16H16N2O6.2H2S/c1-24-31(34(40)44-4)33(28-16-11-17-29(22-28)39(42)43)32(25(2)37-24)35(41)45-36(3)19-21-38(23-36)20-18-30(26-12-7-5-8-13-26)27-14-9-6-10-15-27;1-20(22)13-15-21(16-20)14-12-19(17-8-4-2-5-9-17)18-10-6-3-7-11-18;1-8-12(15(19)20)14(13(9(2)17-8)16(21)24-3)10-5-4-6-11(7-10)18(22)23;;/h5-17,22,30,33,37H,18-21,23H2,1-4H3;2-11,19,22H,12-16H2,1H3;4-7,14,17H,1-3H3,(H,19,20);2*1H2/t33-,36-;20-;14-;;/m001../s1. The van der Waals surface area contributed by atoms with Gasteiger partial charge in [0, 0.05) is 91.5 Å². The summed E-state index contributed by atoms with van der Waals surface area (Å²) in [5.41, 5.74) is 6.81. The number of methoxy groups -OCH3 is 2. The van der Waals surface area contributed by atoms with Gasteiger partial charge in [-0.2, -0.15) is 27.0 Å². The molecule has 4 aliphatic heterocycles. The van der Waals surface area contributed by atoms with Crippen LogP contribution in [0.3, 0.4) is 0 Å². The predicted molar refractivity (Wildman–Crippen MR) is 367 cm³/mol. The molecule has 2 fully saturated rings. The first-order valence-corrected chi connectivity index (χ1v) is 30.4. The molecule has 4 heterocycles. The van der Waals surface area contributed by atoms with Crippen molar-refractivity contribution in [2.45, 2.75) is 102 Å². The fourth-order valence-corrected chi connectivity index (χ4v) is 12.8. The highest BCUT2D eigenvalue weighted by atomic mass is 32.1. The number of hydrogen-bond donors (Lipinski definition) is 4. The molecule has 2 saturated heterocycles. The van der Waals surface area contributed by atoms with Gasteiger partial charge in [0.25, 0.3) is 11.4 Å². The fraction of sp³-hybridized carbons (Fsp3) is 0.333. The number of dihydropyridines is 2. The topological polar surface area (TPSA) is 253 Å². The van der Waals surface area contributed by atoms with Gasteiger partial charge in [0.05, 0.1) is 63.8 Å². The van der Waals surface area contributed by atoms with Crippen molar-refractivity contribution < 1.29 is 53.4 Å². The van der Waals surface area contributed by atoms with E-state index in [4.69, 9.17) is 14.2 Å². The number of allylic oxidation sites excluding steroid dienone is 4.